The maximum atomic E-state index is 11.9. The SMILES string of the molecule is CCOc1ccc(CCC(=O)NCc2cc(C(=O)O)c(C)o2)cc1. The summed E-state index contributed by atoms with van der Waals surface area (Å²) < 4.78 is 10.7. The first-order valence-corrected chi connectivity index (χ1v) is 7.80. The van der Waals surface area contributed by atoms with Crippen molar-refractivity contribution in [1.29, 1.82) is 0 Å². The molecule has 1 aromatic carbocycles. The Morgan fingerprint density at radius 2 is 1.96 bits per heavy atom. The van der Waals surface area contributed by atoms with E-state index < -0.39 is 5.97 Å². The number of hydrogen-bond acceptors (Lipinski definition) is 4. The van der Waals surface area contributed by atoms with Gasteiger partial charge in [0.2, 0.25) is 5.91 Å². The molecule has 0 aliphatic heterocycles. The second kappa shape index (κ2) is 8.19. The van der Waals surface area contributed by atoms with Gasteiger partial charge in [0.05, 0.1) is 13.2 Å². The number of carbonyl (C=O) groups excluding carboxylic acids is 1. The van der Waals surface area contributed by atoms with Crippen LogP contribution in [-0.4, -0.2) is 23.6 Å². The van der Waals surface area contributed by atoms with Gasteiger partial charge >= 0.3 is 5.97 Å². The van der Waals surface area contributed by atoms with Crippen LogP contribution in [0, 0.1) is 6.92 Å². The van der Waals surface area contributed by atoms with E-state index in [9.17, 15) is 9.59 Å². The van der Waals surface area contributed by atoms with E-state index in [-0.39, 0.29) is 18.0 Å². The zero-order chi connectivity index (χ0) is 17.5. The van der Waals surface area contributed by atoms with Gasteiger partial charge in [0.15, 0.2) is 0 Å². The highest BCUT2D eigenvalue weighted by atomic mass is 16.5. The molecule has 6 heteroatoms. The van der Waals surface area contributed by atoms with E-state index in [0.29, 0.717) is 31.0 Å². The lowest BCUT2D eigenvalue weighted by atomic mass is 10.1. The Hall–Kier alpha value is -2.76. The zero-order valence-electron chi connectivity index (χ0n) is 13.8. The number of carboxylic acids is 1. The van der Waals surface area contributed by atoms with Crippen molar-refractivity contribution in [2.75, 3.05) is 6.61 Å². The van der Waals surface area contributed by atoms with Gasteiger partial charge in [-0.15, -0.1) is 0 Å². The first-order valence-electron chi connectivity index (χ1n) is 7.80. The van der Waals surface area contributed by atoms with Crippen LogP contribution in [0.1, 0.15) is 40.8 Å². The number of amides is 1. The fourth-order valence-corrected chi connectivity index (χ4v) is 2.29. The average Bonchev–Trinajstić information content (AvgIpc) is 2.94. The Balaban J connectivity index is 1.79. The van der Waals surface area contributed by atoms with Gasteiger partial charge in [-0.25, -0.2) is 4.79 Å². The molecule has 2 rings (SSSR count). The van der Waals surface area contributed by atoms with Gasteiger partial charge in [-0.3, -0.25) is 4.79 Å². The summed E-state index contributed by atoms with van der Waals surface area (Å²) >= 11 is 0. The third-order valence-corrected chi connectivity index (χ3v) is 3.53. The van der Waals surface area contributed by atoms with Crippen LogP contribution in [0.4, 0.5) is 0 Å². The highest BCUT2D eigenvalue weighted by Crippen LogP contribution is 2.15. The summed E-state index contributed by atoms with van der Waals surface area (Å²) in [6.45, 7) is 4.31. The molecular formula is C18H21NO5. The second-order valence-corrected chi connectivity index (χ2v) is 5.34. The quantitative estimate of drug-likeness (QED) is 0.776. The standard InChI is InChI=1S/C18H21NO5/c1-3-23-14-7-4-13(5-8-14)6-9-17(20)19-11-15-10-16(18(21)22)12(2)24-15/h4-5,7-8,10H,3,6,9,11H2,1-2H3,(H,19,20)(H,21,22). The number of nitrogens with one attached hydrogen (secondary N) is 1. The van der Waals surface area contributed by atoms with Crippen LogP contribution >= 0.6 is 0 Å². The minimum Gasteiger partial charge on any atom is -0.494 e. The molecule has 6 nitrogen and oxygen atoms in total. The highest BCUT2D eigenvalue weighted by Gasteiger charge is 2.14. The Kier molecular flexibility index (Phi) is 6.01. The molecular weight excluding hydrogens is 310 g/mol. The monoisotopic (exact) mass is 331 g/mol. The molecule has 1 aromatic heterocycles. The molecule has 2 N–H and O–H groups in total. The van der Waals surface area contributed by atoms with Crippen molar-refractivity contribution >= 4 is 11.9 Å². The lowest BCUT2D eigenvalue weighted by Crippen LogP contribution is -2.22. The number of aryl methyl sites for hydroxylation is 2. The topological polar surface area (TPSA) is 88.8 Å². The maximum Gasteiger partial charge on any atom is 0.339 e. The molecule has 0 aliphatic rings. The van der Waals surface area contributed by atoms with E-state index in [1.54, 1.807) is 6.92 Å². The van der Waals surface area contributed by atoms with E-state index in [0.717, 1.165) is 11.3 Å². The number of ether oxygens (including phenoxy) is 1. The lowest BCUT2D eigenvalue weighted by Gasteiger charge is -2.06. The number of aromatic carboxylic acids is 1. The molecule has 128 valence electrons. The smallest absolute Gasteiger partial charge is 0.339 e. The van der Waals surface area contributed by atoms with E-state index in [2.05, 4.69) is 5.32 Å². The van der Waals surface area contributed by atoms with Crippen LogP contribution in [0.25, 0.3) is 0 Å². The molecule has 1 heterocycles. The maximum absolute atomic E-state index is 11.9. The molecule has 1 amide bonds. The number of carboxylic acid groups (broad SMARTS) is 1. The summed E-state index contributed by atoms with van der Waals surface area (Å²) in [5, 5.41) is 11.7. The van der Waals surface area contributed by atoms with Crippen molar-refractivity contribution in [2.24, 2.45) is 0 Å². The minimum absolute atomic E-state index is 0.116. The fourth-order valence-electron chi connectivity index (χ4n) is 2.29. The van der Waals surface area contributed by atoms with Gasteiger partial charge in [-0.05, 0) is 44.0 Å². The average molecular weight is 331 g/mol. The minimum atomic E-state index is -1.04. The summed E-state index contributed by atoms with van der Waals surface area (Å²) in [5.74, 6) is 0.424. The van der Waals surface area contributed by atoms with Crippen molar-refractivity contribution in [3.8, 4) is 5.75 Å². The van der Waals surface area contributed by atoms with Crippen molar-refractivity contribution in [1.82, 2.24) is 5.32 Å². The molecule has 0 saturated carbocycles. The summed E-state index contributed by atoms with van der Waals surface area (Å²) in [5.41, 5.74) is 1.17. The second-order valence-electron chi connectivity index (χ2n) is 5.34. The van der Waals surface area contributed by atoms with Crippen molar-refractivity contribution in [3.63, 3.8) is 0 Å². The van der Waals surface area contributed by atoms with Crippen molar-refractivity contribution in [2.45, 2.75) is 33.2 Å². The van der Waals surface area contributed by atoms with Crippen LogP contribution in [0.2, 0.25) is 0 Å². The van der Waals surface area contributed by atoms with Gasteiger partial charge in [0.25, 0.3) is 0 Å². The van der Waals surface area contributed by atoms with Crippen LogP contribution in [0.5, 0.6) is 5.75 Å². The van der Waals surface area contributed by atoms with Gasteiger partial charge in [0, 0.05) is 6.42 Å². The Morgan fingerprint density at radius 3 is 2.54 bits per heavy atom. The van der Waals surface area contributed by atoms with E-state index in [1.807, 2.05) is 31.2 Å². The molecule has 0 saturated heterocycles. The third kappa shape index (κ3) is 4.87. The van der Waals surface area contributed by atoms with Crippen LogP contribution in [-0.2, 0) is 17.8 Å². The van der Waals surface area contributed by atoms with Gasteiger partial charge < -0.3 is 19.6 Å². The predicted octanol–water partition coefficient (Wildman–Crippen LogP) is 2.93. The molecule has 0 unspecified atom stereocenters. The van der Waals surface area contributed by atoms with Crippen molar-refractivity contribution in [3.05, 3.63) is 53.0 Å². The molecule has 24 heavy (non-hydrogen) atoms. The van der Waals surface area contributed by atoms with Crippen LogP contribution in [0.15, 0.2) is 34.7 Å². The normalized spacial score (nSPS) is 10.4. The largest absolute Gasteiger partial charge is 0.494 e. The first-order chi connectivity index (χ1) is 11.5. The molecule has 0 radical (unpaired) electrons. The lowest BCUT2D eigenvalue weighted by molar-refractivity contribution is -0.121. The molecule has 0 fully saturated rings. The summed E-state index contributed by atoms with van der Waals surface area (Å²) in [6.07, 6.45) is 0.968. The van der Waals surface area contributed by atoms with Gasteiger partial charge in [-0.2, -0.15) is 0 Å². The first kappa shape index (κ1) is 17.6. The number of hydrogen-bond donors (Lipinski definition) is 2. The summed E-state index contributed by atoms with van der Waals surface area (Å²) in [4.78, 5) is 22.8. The fraction of sp³-hybridized carbons (Fsp3) is 0.333. The Bertz CT molecular complexity index is 703. The summed E-state index contributed by atoms with van der Waals surface area (Å²) in [6, 6.07) is 9.08. The third-order valence-electron chi connectivity index (χ3n) is 3.53. The van der Waals surface area contributed by atoms with Crippen molar-refractivity contribution < 1.29 is 23.8 Å². The van der Waals surface area contributed by atoms with Gasteiger partial charge in [-0.1, -0.05) is 12.1 Å². The zero-order valence-corrected chi connectivity index (χ0v) is 13.8. The number of furan rings is 1. The van der Waals surface area contributed by atoms with E-state index >= 15 is 0 Å². The molecule has 0 bridgehead atoms. The summed E-state index contributed by atoms with van der Waals surface area (Å²) in [7, 11) is 0. The molecule has 0 spiro atoms. The number of carbonyl (C=O) groups is 2. The number of rotatable bonds is 8. The highest BCUT2D eigenvalue weighted by molar-refractivity contribution is 5.88. The van der Waals surface area contributed by atoms with E-state index in [1.165, 1.54) is 6.07 Å². The molecule has 0 aliphatic carbocycles. The number of benzene rings is 1. The van der Waals surface area contributed by atoms with Gasteiger partial charge in [0.1, 0.15) is 22.8 Å². The van der Waals surface area contributed by atoms with Crippen LogP contribution in [0.3, 0.4) is 0 Å². The Labute approximate surface area is 140 Å². The Morgan fingerprint density at radius 1 is 1.25 bits per heavy atom. The van der Waals surface area contributed by atoms with Crippen LogP contribution < -0.4 is 10.1 Å². The molecule has 0 atom stereocenters. The molecule has 2 aromatic rings. The van der Waals surface area contributed by atoms with E-state index in [4.69, 9.17) is 14.3 Å². The predicted molar refractivity (Wildman–Crippen MR) is 88.2 cm³/mol.